The molecule has 1 rings (SSSR count). The second-order valence-corrected chi connectivity index (χ2v) is 4.98. The normalized spacial score (nSPS) is 9.80. The zero-order valence-electron chi connectivity index (χ0n) is 7.60. The summed E-state index contributed by atoms with van der Waals surface area (Å²) in [5.41, 5.74) is 0.561. The van der Waals surface area contributed by atoms with E-state index in [1.54, 1.807) is 12.1 Å². The van der Waals surface area contributed by atoms with Gasteiger partial charge < -0.3 is 4.74 Å². The third kappa shape index (κ3) is 3.63. The number of rotatable bonds is 4. The Hall–Kier alpha value is -0.320. The van der Waals surface area contributed by atoms with Gasteiger partial charge >= 0.3 is 0 Å². The molecule has 0 bridgehead atoms. The average Bonchev–Trinajstić information content (AvgIpc) is 2.15. The molecule has 5 heteroatoms. The van der Waals surface area contributed by atoms with Crippen LogP contribution in [-0.4, -0.2) is 12.9 Å². The monoisotopic (exact) mass is 352 g/mol. The molecule has 0 fully saturated rings. The van der Waals surface area contributed by atoms with E-state index in [0.29, 0.717) is 25.3 Å². The molecule has 0 aliphatic heterocycles. The standard InChI is InChI=1S/C10H7Br2ClO2/c1-6(13)5-15-10-8(11)2-7(4-14)3-9(10)12/h2-4H,1,5H2. The van der Waals surface area contributed by atoms with E-state index in [-0.39, 0.29) is 6.61 Å². The number of hydrogen-bond acceptors (Lipinski definition) is 2. The fourth-order valence-corrected chi connectivity index (χ4v) is 2.44. The second-order valence-electron chi connectivity index (χ2n) is 2.74. The molecule has 0 aromatic heterocycles. The molecule has 2 nitrogen and oxygen atoms in total. The van der Waals surface area contributed by atoms with E-state index < -0.39 is 0 Å². The van der Waals surface area contributed by atoms with Crippen molar-refractivity contribution in [1.82, 2.24) is 0 Å². The molecule has 0 spiro atoms. The summed E-state index contributed by atoms with van der Waals surface area (Å²) in [5, 5.41) is 0.410. The zero-order chi connectivity index (χ0) is 11.4. The zero-order valence-corrected chi connectivity index (χ0v) is 11.5. The van der Waals surface area contributed by atoms with Crippen molar-refractivity contribution in [3.05, 3.63) is 38.3 Å². The third-order valence-corrected chi connectivity index (χ3v) is 2.82. The Kier molecular flexibility index (Phi) is 4.83. The molecule has 0 amide bonds. The highest BCUT2D eigenvalue weighted by molar-refractivity contribution is 9.11. The molecule has 0 saturated carbocycles. The Balaban J connectivity index is 2.97. The molecule has 0 saturated heterocycles. The summed E-state index contributed by atoms with van der Waals surface area (Å²) in [6.07, 6.45) is 0.764. The Morgan fingerprint density at radius 2 is 2.00 bits per heavy atom. The van der Waals surface area contributed by atoms with Crippen LogP contribution in [0.3, 0.4) is 0 Å². The van der Waals surface area contributed by atoms with Crippen LogP contribution in [0.25, 0.3) is 0 Å². The van der Waals surface area contributed by atoms with Gasteiger partial charge in [0.25, 0.3) is 0 Å². The lowest BCUT2D eigenvalue weighted by Gasteiger charge is -2.09. The van der Waals surface area contributed by atoms with Gasteiger partial charge in [0.1, 0.15) is 18.6 Å². The van der Waals surface area contributed by atoms with Crippen molar-refractivity contribution in [3.8, 4) is 5.75 Å². The summed E-state index contributed by atoms with van der Waals surface area (Å²) >= 11 is 12.2. The number of carbonyl (C=O) groups is 1. The SMILES string of the molecule is C=C(Cl)COc1c(Br)cc(C=O)cc1Br. The highest BCUT2D eigenvalue weighted by Crippen LogP contribution is 2.34. The summed E-state index contributed by atoms with van der Waals surface area (Å²) in [6.45, 7) is 3.74. The Morgan fingerprint density at radius 1 is 1.47 bits per heavy atom. The van der Waals surface area contributed by atoms with Crippen LogP contribution in [0.5, 0.6) is 5.75 Å². The number of aldehydes is 1. The Labute approximate surface area is 110 Å². The average molecular weight is 354 g/mol. The molecule has 1 aromatic rings. The van der Waals surface area contributed by atoms with E-state index in [1.165, 1.54) is 0 Å². The largest absolute Gasteiger partial charge is 0.486 e. The first-order chi connectivity index (χ1) is 7.04. The van der Waals surface area contributed by atoms with E-state index in [1.807, 2.05) is 0 Å². The van der Waals surface area contributed by atoms with Gasteiger partial charge in [0.05, 0.1) is 8.95 Å². The maximum atomic E-state index is 10.6. The predicted molar refractivity (Wildman–Crippen MR) is 67.7 cm³/mol. The van der Waals surface area contributed by atoms with Crippen LogP contribution >= 0.6 is 43.5 Å². The molecular formula is C10H7Br2ClO2. The molecule has 1 aromatic carbocycles. The first-order valence-electron chi connectivity index (χ1n) is 3.95. The lowest BCUT2D eigenvalue weighted by Crippen LogP contribution is -1.98. The lowest BCUT2D eigenvalue weighted by atomic mass is 10.2. The van der Waals surface area contributed by atoms with Gasteiger partial charge in [-0.3, -0.25) is 4.79 Å². The minimum atomic E-state index is 0.221. The van der Waals surface area contributed by atoms with Gasteiger partial charge in [0.15, 0.2) is 0 Å². The van der Waals surface area contributed by atoms with Crippen molar-refractivity contribution in [2.24, 2.45) is 0 Å². The van der Waals surface area contributed by atoms with Crippen molar-refractivity contribution in [3.63, 3.8) is 0 Å². The van der Waals surface area contributed by atoms with E-state index in [2.05, 4.69) is 38.4 Å². The van der Waals surface area contributed by atoms with Gasteiger partial charge in [0, 0.05) is 10.6 Å². The van der Waals surface area contributed by atoms with Crippen LogP contribution in [0, 0.1) is 0 Å². The highest BCUT2D eigenvalue weighted by atomic mass is 79.9. The highest BCUT2D eigenvalue weighted by Gasteiger charge is 2.08. The smallest absolute Gasteiger partial charge is 0.150 e. The minimum absolute atomic E-state index is 0.221. The fourth-order valence-electron chi connectivity index (χ4n) is 0.936. The molecule has 0 N–H and O–H groups in total. The van der Waals surface area contributed by atoms with Gasteiger partial charge in [-0.05, 0) is 44.0 Å². The molecule has 0 heterocycles. The van der Waals surface area contributed by atoms with Gasteiger partial charge in [-0.1, -0.05) is 18.2 Å². The maximum absolute atomic E-state index is 10.6. The molecule has 0 aliphatic rings. The molecule has 0 unspecified atom stereocenters. The van der Waals surface area contributed by atoms with E-state index >= 15 is 0 Å². The molecule has 0 atom stereocenters. The summed E-state index contributed by atoms with van der Waals surface area (Å²) in [6, 6.07) is 3.34. The van der Waals surface area contributed by atoms with Crippen LogP contribution in [0.2, 0.25) is 0 Å². The Morgan fingerprint density at radius 3 is 2.40 bits per heavy atom. The molecule has 15 heavy (non-hydrogen) atoms. The van der Waals surface area contributed by atoms with E-state index in [9.17, 15) is 4.79 Å². The van der Waals surface area contributed by atoms with Crippen LogP contribution in [0.1, 0.15) is 10.4 Å². The summed E-state index contributed by atoms with van der Waals surface area (Å²) < 4.78 is 6.77. The number of halogens is 3. The number of hydrogen-bond donors (Lipinski definition) is 0. The molecule has 0 radical (unpaired) electrons. The number of carbonyl (C=O) groups excluding carboxylic acids is 1. The summed E-state index contributed by atoms with van der Waals surface area (Å²) in [4.78, 5) is 10.6. The van der Waals surface area contributed by atoms with Crippen molar-refractivity contribution in [1.29, 1.82) is 0 Å². The lowest BCUT2D eigenvalue weighted by molar-refractivity contribution is 0.112. The van der Waals surface area contributed by atoms with Crippen LogP contribution in [0.15, 0.2) is 32.7 Å². The van der Waals surface area contributed by atoms with Crippen molar-refractivity contribution >= 4 is 49.7 Å². The minimum Gasteiger partial charge on any atom is -0.486 e. The Bertz CT molecular complexity index is 381. The van der Waals surface area contributed by atoms with Gasteiger partial charge in [-0.15, -0.1) is 0 Å². The van der Waals surface area contributed by atoms with Gasteiger partial charge in [-0.25, -0.2) is 0 Å². The van der Waals surface area contributed by atoms with Crippen molar-refractivity contribution in [2.45, 2.75) is 0 Å². The predicted octanol–water partition coefficient (Wildman–Crippen LogP) is 4.16. The molecule has 80 valence electrons. The number of benzene rings is 1. The summed E-state index contributed by atoms with van der Waals surface area (Å²) in [5.74, 6) is 0.599. The first kappa shape index (κ1) is 12.7. The summed E-state index contributed by atoms with van der Waals surface area (Å²) in [7, 11) is 0. The molecular weight excluding hydrogens is 347 g/mol. The molecule has 0 aliphatic carbocycles. The van der Waals surface area contributed by atoms with E-state index in [4.69, 9.17) is 16.3 Å². The van der Waals surface area contributed by atoms with Crippen molar-refractivity contribution < 1.29 is 9.53 Å². The van der Waals surface area contributed by atoms with Gasteiger partial charge in [-0.2, -0.15) is 0 Å². The quantitative estimate of drug-likeness (QED) is 0.759. The fraction of sp³-hybridized carbons (Fsp3) is 0.100. The van der Waals surface area contributed by atoms with E-state index in [0.717, 1.165) is 6.29 Å². The third-order valence-electron chi connectivity index (χ3n) is 1.53. The maximum Gasteiger partial charge on any atom is 0.150 e. The topological polar surface area (TPSA) is 26.3 Å². The van der Waals surface area contributed by atoms with Crippen LogP contribution in [0.4, 0.5) is 0 Å². The van der Waals surface area contributed by atoms with Crippen LogP contribution in [-0.2, 0) is 0 Å². The van der Waals surface area contributed by atoms with Crippen molar-refractivity contribution in [2.75, 3.05) is 6.61 Å². The van der Waals surface area contributed by atoms with Gasteiger partial charge in [0.2, 0.25) is 0 Å². The number of ether oxygens (including phenoxy) is 1. The second kappa shape index (κ2) is 5.68. The van der Waals surface area contributed by atoms with Crippen LogP contribution < -0.4 is 4.74 Å². The first-order valence-corrected chi connectivity index (χ1v) is 5.91.